The van der Waals surface area contributed by atoms with Crippen LogP contribution in [-0.2, 0) is 4.79 Å². The van der Waals surface area contributed by atoms with Crippen molar-refractivity contribution >= 4 is 28.4 Å². The quantitative estimate of drug-likeness (QED) is 0.738. The van der Waals surface area contributed by atoms with Gasteiger partial charge in [-0.3, -0.25) is 9.59 Å². The van der Waals surface area contributed by atoms with Gasteiger partial charge in [-0.05, 0) is 49.2 Å². The van der Waals surface area contributed by atoms with E-state index < -0.39 is 0 Å². The molecule has 1 saturated heterocycles. The fourth-order valence-corrected chi connectivity index (χ4v) is 3.62. The second-order valence-electron chi connectivity index (χ2n) is 7.18. The van der Waals surface area contributed by atoms with Gasteiger partial charge in [-0.2, -0.15) is 0 Å². The number of methoxy groups -OCH3 is 1. The average molecular weight is 389 g/mol. The highest BCUT2D eigenvalue weighted by molar-refractivity contribution is 5.96. The molecule has 0 radical (unpaired) electrons. The number of amides is 2. The fraction of sp³-hybridized carbons (Fsp3) is 0.261. The third kappa shape index (κ3) is 4.21. The van der Waals surface area contributed by atoms with Crippen LogP contribution in [0.4, 0.5) is 5.69 Å². The van der Waals surface area contributed by atoms with Crippen molar-refractivity contribution in [3.63, 3.8) is 0 Å². The van der Waals surface area contributed by atoms with Crippen molar-refractivity contribution in [2.45, 2.75) is 12.8 Å². The molecule has 29 heavy (non-hydrogen) atoms. The molecule has 0 saturated carbocycles. The zero-order chi connectivity index (χ0) is 20.2. The Bertz CT molecular complexity index is 1030. The zero-order valence-electron chi connectivity index (χ0n) is 16.3. The first-order valence-electron chi connectivity index (χ1n) is 9.74. The smallest absolute Gasteiger partial charge is 0.272 e. The molecule has 0 aliphatic carbocycles. The highest BCUT2D eigenvalue weighted by Gasteiger charge is 2.28. The van der Waals surface area contributed by atoms with Crippen LogP contribution in [0.25, 0.3) is 10.9 Å². The number of rotatable bonds is 4. The normalized spacial score (nSPS) is 14.6. The molecule has 6 nitrogen and oxygen atoms in total. The van der Waals surface area contributed by atoms with E-state index in [1.54, 1.807) is 18.1 Å². The van der Waals surface area contributed by atoms with Crippen LogP contribution in [0.15, 0.2) is 60.7 Å². The molecule has 2 aromatic carbocycles. The van der Waals surface area contributed by atoms with Crippen molar-refractivity contribution in [3.8, 4) is 5.75 Å². The van der Waals surface area contributed by atoms with E-state index >= 15 is 0 Å². The lowest BCUT2D eigenvalue weighted by Gasteiger charge is -2.31. The van der Waals surface area contributed by atoms with Crippen LogP contribution < -0.4 is 10.1 Å². The Labute approximate surface area is 169 Å². The van der Waals surface area contributed by atoms with Gasteiger partial charge in [-0.15, -0.1) is 0 Å². The van der Waals surface area contributed by atoms with E-state index in [1.807, 2.05) is 54.6 Å². The lowest BCUT2D eigenvalue weighted by atomic mass is 9.95. The number of anilines is 1. The number of aromatic nitrogens is 1. The molecule has 6 heteroatoms. The summed E-state index contributed by atoms with van der Waals surface area (Å²) >= 11 is 0. The number of hydrogen-bond donors (Lipinski definition) is 1. The minimum Gasteiger partial charge on any atom is -0.497 e. The summed E-state index contributed by atoms with van der Waals surface area (Å²) in [5, 5.41) is 3.88. The lowest BCUT2D eigenvalue weighted by Crippen LogP contribution is -2.41. The number of hydrogen-bond acceptors (Lipinski definition) is 4. The third-order valence-electron chi connectivity index (χ3n) is 5.31. The third-order valence-corrected chi connectivity index (χ3v) is 5.31. The van der Waals surface area contributed by atoms with Crippen molar-refractivity contribution in [2.24, 2.45) is 5.92 Å². The second kappa shape index (κ2) is 8.31. The van der Waals surface area contributed by atoms with E-state index in [9.17, 15) is 9.59 Å². The van der Waals surface area contributed by atoms with Crippen LogP contribution in [0.3, 0.4) is 0 Å². The Balaban J connectivity index is 1.38. The van der Waals surface area contributed by atoms with Crippen molar-refractivity contribution in [2.75, 3.05) is 25.5 Å². The van der Waals surface area contributed by atoms with Gasteiger partial charge in [0.25, 0.3) is 5.91 Å². The number of ether oxygens (including phenoxy) is 1. The van der Waals surface area contributed by atoms with Crippen LogP contribution in [0, 0.1) is 5.92 Å². The van der Waals surface area contributed by atoms with E-state index in [0.717, 1.165) is 22.3 Å². The van der Waals surface area contributed by atoms with Gasteiger partial charge >= 0.3 is 0 Å². The maximum absolute atomic E-state index is 12.9. The second-order valence-corrected chi connectivity index (χ2v) is 7.18. The molecule has 1 aliphatic heterocycles. The number of carbonyl (C=O) groups excluding carboxylic acids is 2. The maximum atomic E-state index is 12.9. The maximum Gasteiger partial charge on any atom is 0.272 e. The first kappa shape index (κ1) is 18.9. The minimum atomic E-state index is -0.0929. The van der Waals surface area contributed by atoms with Crippen LogP contribution in [0.2, 0.25) is 0 Å². The molecule has 148 valence electrons. The summed E-state index contributed by atoms with van der Waals surface area (Å²) in [5.41, 5.74) is 1.98. The molecule has 0 atom stereocenters. The molecule has 1 N–H and O–H groups in total. The predicted octanol–water partition coefficient (Wildman–Crippen LogP) is 3.73. The summed E-state index contributed by atoms with van der Waals surface area (Å²) < 4.78 is 5.23. The molecule has 0 bridgehead atoms. The molecular weight excluding hydrogens is 366 g/mol. The van der Waals surface area contributed by atoms with Crippen LogP contribution >= 0.6 is 0 Å². The lowest BCUT2D eigenvalue weighted by molar-refractivity contribution is -0.121. The summed E-state index contributed by atoms with van der Waals surface area (Å²) in [6.07, 6.45) is 1.30. The van der Waals surface area contributed by atoms with Gasteiger partial charge in [0.05, 0.1) is 12.6 Å². The van der Waals surface area contributed by atoms with E-state index in [1.165, 1.54) is 0 Å². The molecule has 1 aromatic heterocycles. The van der Waals surface area contributed by atoms with Gasteiger partial charge in [0.15, 0.2) is 0 Å². The highest BCUT2D eigenvalue weighted by Crippen LogP contribution is 2.23. The van der Waals surface area contributed by atoms with Crippen LogP contribution in [0.1, 0.15) is 23.3 Å². The van der Waals surface area contributed by atoms with Crippen molar-refractivity contribution in [1.29, 1.82) is 0 Å². The number of pyridine rings is 1. The Kier molecular flexibility index (Phi) is 5.42. The van der Waals surface area contributed by atoms with Gasteiger partial charge in [-0.25, -0.2) is 4.98 Å². The Morgan fingerprint density at radius 1 is 1.03 bits per heavy atom. The number of piperidine rings is 1. The number of benzene rings is 2. The summed E-state index contributed by atoms with van der Waals surface area (Å²) in [6, 6.07) is 18.7. The summed E-state index contributed by atoms with van der Waals surface area (Å²) in [4.78, 5) is 31.6. The molecule has 1 aliphatic rings. The van der Waals surface area contributed by atoms with E-state index in [2.05, 4.69) is 10.3 Å². The van der Waals surface area contributed by atoms with Gasteiger partial charge in [0, 0.05) is 30.1 Å². The molecule has 2 heterocycles. The molecule has 2 amide bonds. The van der Waals surface area contributed by atoms with Crippen molar-refractivity contribution < 1.29 is 14.3 Å². The van der Waals surface area contributed by atoms with Gasteiger partial charge in [0.2, 0.25) is 5.91 Å². The molecule has 0 spiro atoms. The fourth-order valence-electron chi connectivity index (χ4n) is 3.62. The number of likely N-dealkylation sites (tertiary alicyclic amines) is 1. The molecule has 0 unspecified atom stereocenters. The number of carbonyl (C=O) groups is 2. The standard InChI is InChI=1S/C23H23N3O3/c1-29-19-8-10-20-17(15-19)7-9-21(25-20)23(28)26-13-11-16(12-14-26)22(27)24-18-5-3-2-4-6-18/h2-10,15-16H,11-14H2,1H3,(H,24,27). The van der Waals surface area contributed by atoms with Crippen molar-refractivity contribution in [1.82, 2.24) is 9.88 Å². The summed E-state index contributed by atoms with van der Waals surface area (Å²) in [5.74, 6) is 0.594. The van der Waals surface area contributed by atoms with E-state index in [-0.39, 0.29) is 17.7 Å². The number of para-hydroxylation sites is 1. The first-order chi connectivity index (χ1) is 14.1. The topological polar surface area (TPSA) is 71.5 Å². The summed E-state index contributed by atoms with van der Waals surface area (Å²) in [6.45, 7) is 1.10. The van der Waals surface area contributed by atoms with Crippen LogP contribution in [0.5, 0.6) is 5.75 Å². The molecule has 4 rings (SSSR count). The van der Waals surface area contributed by atoms with Crippen molar-refractivity contribution in [3.05, 3.63) is 66.4 Å². The number of nitrogens with one attached hydrogen (secondary N) is 1. The van der Waals surface area contributed by atoms with Gasteiger partial charge in [-0.1, -0.05) is 24.3 Å². The van der Waals surface area contributed by atoms with E-state index in [0.29, 0.717) is 31.6 Å². The highest BCUT2D eigenvalue weighted by atomic mass is 16.5. The molecule has 3 aromatic rings. The molecular formula is C23H23N3O3. The van der Waals surface area contributed by atoms with E-state index in [4.69, 9.17) is 4.74 Å². The first-order valence-corrected chi connectivity index (χ1v) is 9.74. The number of nitrogens with zero attached hydrogens (tertiary/aromatic N) is 2. The van der Waals surface area contributed by atoms with Gasteiger partial charge < -0.3 is 15.0 Å². The zero-order valence-corrected chi connectivity index (χ0v) is 16.3. The summed E-state index contributed by atoms with van der Waals surface area (Å²) in [7, 11) is 1.62. The average Bonchev–Trinajstić information content (AvgIpc) is 2.78. The minimum absolute atomic E-state index is 0.0149. The largest absolute Gasteiger partial charge is 0.497 e. The Morgan fingerprint density at radius 3 is 2.52 bits per heavy atom. The monoisotopic (exact) mass is 389 g/mol. The number of fused-ring (bicyclic) bond motifs is 1. The molecule has 1 fully saturated rings. The Hall–Kier alpha value is -3.41. The SMILES string of the molecule is COc1ccc2nc(C(=O)N3CCC(C(=O)Nc4ccccc4)CC3)ccc2c1. The van der Waals surface area contributed by atoms with Gasteiger partial charge in [0.1, 0.15) is 11.4 Å². The van der Waals surface area contributed by atoms with Crippen LogP contribution in [-0.4, -0.2) is 41.9 Å². The Morgan fingerprint density at radius 2 is 1.79 bits per heavy atom. The predicted molar refractivity (Wildman–Crippen MR) is 112 cm³/mol.